The maximum atomic E-state index is 12.3. The van der Waals surface area contributed by atoms with Crippen molar-refractivity contribution in [3.05, 3.63) is 53.6 Å². The molecule has 0 radical (unpaired) electrons. The number of carbonyl (C=O) groups excluding carboxylic acids is 1. The molecule has 22 heavy (non-hydrogen) atoms. The summed E-state index contributed by atoms with van der Waals surface area (Å²) in [6.07, 6.45) is 0. The minimum Gasteiger partial charge on any atom is -0.545 e. The van der Waals surface area contributed by atoms with Crippen LogP contribution in [0.1, 0.15) is 15.9 Å². The predicted octanol–water partition coefficient (Wildman–Crippen LogP) is 1.17. The van der Waals surface area contributed by atoms with E-state index in [2.05, 4.69) is 4.72 Å². The second kappa shape index (κ2) is 6.07. The van der Waals surface area contributed by atoms with Crippen LogP contribution in [0.25, 0.3) is 0 Å². The number of carbonyl (C=O) groups is 1. The van der Waals surface area contributed by atoms with Gasteiger partial charge in [-0.2, -0.15) is 0 Å². The Hall–Kier alpha value is -2.54. The Labute approximate surface area is 128 Å². The van der Waals surface area contributed by atoms with Crippen LogP contribution in [0.15, 0.2) is 47.4 Å². The number of aryl methyl sites for hydroxylation is 1. The summed E-state index contributed by atoms with van der Waals surface area (Å²) in [6, 6.07) is 10.2. The first-order valence-electron chi connectivity index (χ1n) is 6.32. The Bertz CT molecular complexity index is 797. The number of nitrogens with one attached hydrogen (secondary N) is 1. The van der Waals surface area contributed by atoms with E-state index >= 15 is 0 Å². The van der Waals surface area contributed by atoms with E-state index in [9.17, 15) is 18.3 Å². The average molecular weight is 320 g/mol. The molecule has 0 aliphatic heterocycles. The highest BCUT2D eigenvalue weighted by molar-refractivity contribution is 7.92. The zero-order chi connectivity index (χ0) is 16.3. The monoisotopic (exact) mass is 320 g/mol. The summed E-state index contributed by atoms with van der Waals surface area (Å²) >= 11 is 0. The molecule has 1 N–H and O–H groups in total. The molecule has 0 amide bonds. The number of carboxylic acids is 1. The van der Waals surface area contributed by atoms with Crippen molar-refractivity contribution in [3.8, 4) is 5.75 Å². The molecular formula is C15H14NO5S-. The van der Waals surface area contributed by atoms with Gasteiger partial charge in [0.2, 0.25) is 0 Å². The van der Waals surface area contributed by atoms with E-state index in [4.69, 9.17) is 4.74 Å². The fraction of sp³-hybridized carbons (Fsp3) is 0.133. The third-order valence-electron chi connectivity index (χ3n) is 3.08. The number of benzene rings is 2. The Morgan fingerprint density at radius 2 is 1.77 bits per heavy atom. The molecule has 7 heteroatoms. The number of methoxy groups -OCH3 is 1. The molecule has 0 heterocycles. The number of hydrogen-bond acceptors (Lipinski definition) is 5. The van der Waals surface area contributed by atoms with Crippen LogP contribution < -0.4 is 14.6 Å². The van der Waals surface area contributed by atoms with Gasteiger partial charge >= 0.3 is 0 Å². The topological polar surface area (TPSA) is 95.5 Å². The highest BCUT2D eigenvalue weighted by Crippen LogP contribution is 2.21. The van der Waals surface area contributed by atoms with Crippen molar-refractivity contribution < 1.29 is 23.1 Å². The second-order valence-corrected chi connectivity index (χ2v) is 6.28. The zero-order valence-corrected chi connectivity index (χ0v) is 12.8. The van der Waals surface area contributed by atoms with Crippen LogP contribution in [0.5, 0.6) is 5.75 Å². The van der Waals surface area contributed by atoms with Crippen LogP contribution in [0.2, 0.25) is 0 Å². The lowest BCUT2D eigenvalue weighted by Gasteiger charge is -2.12. The summed E-state index contributed by atoms with van der Waals surface area (Å²) in [7, 11) is -2.38. The molecule has 0 fully saturated rings. The summed E-state index contributed by atoms with van der Waals surface area (Å²) in [5, 5.41) is 11.0. The van der Waals surface area contributed by atoms with Gasteiger partial charge in [-0.25, -0.2) is 8.42 Å². The summed E-state index contributed by atoms with van der Waals surface area (Å²) in [6.45, 7) is 1.57. The molecule has 0 spiro atoms. The van der Waals surface area contributed by atoms with Crippen molar-refractivity contribution in [2.75, 3.05) is 11.8 Å². The summed E-state index contributed by atoms with van der Waals surface area (Å²) in [5.41, 5.74) is 0.623. The van der Waals surface area contributed by atoms with Gasteiger partial charge in [0, 0.05) is 11.3 Å². The third-order valence-corrected chi connectivity index (χ3v) is 4.46. The zero-order valence-electron chi connectivity index (χ0n) is 12.0. The van der Waals surface area contributed by atoms with Crippen molar-refractivity contribution in [2.24, 2.45) is 0 Å². The van der Waals surface area contributed by atoms with E-state index < -0.39 is 16.0 Å². The minimum absolute atomic E-state index is 0.145. The Kier molecular flexibility index (Phi) is 4.37. The van der Waals surface area contributed by atoms with Gasteiger partial charge in [-0.15, -0.1) is 0 Å². The van der Waals surface area contributed by atoms with E-state index in [1.165, 1.54) is 19.2 Å². The van der Waals surface area contributed by atoms with Gasteiger partial charge in [0.1, 0.15) is 5.75 Å². The van der Waals surface area contributed by atoms with E-state index in [1.807, 2.05) is 0 Å². The van der Waals surface area contributed by atoms with Crippen molar-refractivity contribution in [1.82, 2.24) is 0 Å². The number of hydrogen-bond donors (Lipinski definition) is 1. The van der Waals surface area contributed by atoms with Gasteiger partial charge in [-0.05, 0) is 48.9 Å². The highest BCUT2D eigenvalue weighted by atomic mass is 32.2. The SMILES string of the molecule is COc1ccc(NS(=O)(=O)c2ccc(C)c(C(=O)[O-])c2)cc1. The van der Waals surface area contributed by atoms with Gasteiger partial charge < -0.3 is 14.6 Å². The molecule has 0 aliphatic rings. The van der Waals surface area contributed by atoms with Gasteiger partial charge in [0.15, 0.2) is 0 Å². The number of anilines is 1. The summed E-state index contributed by atoms with van der Waals surface area (Å²) in [4.78, 5) is 10.8. The molecule has 0 unspecified atom stereocenters. The van der Waals surface area contributed by atoms with Crippen LogP contribution in [-0.2, 0) is 10.0 Å². The van der Waals surface area contributed by atoms with Crippen LogP contribution in [0, 0.1) is 6.92 Å². The maximum absolute atomic E-state index is 12.3. The molecule has 2 aromatic carbocycles. The minimum atomic E-state index is -3.89. The first-order valence-corrected chi connectivity index (χ1v) is 7.80. The number of carboxylic acid groups (broad SMARTS) is 1. The molecule has 2 rings (SSSR count). The molecule has 0 aliphatic carbocycles. The molecule has 0 saturated carbocycles. The lowest BCUT2D eigenvalue weighted by Crippen LogP contribution is -2.24. The second-order valence-electron chi connectivity index (χ2n) is 4.60. The predicted molar refractivity (Wildman–Crippen MR) is 79.3 cm³/mol. The van der Waals surface area contributed by atoms with Crippen LogP contribution in [0.3, 0.4) is 0 Å². The van der Waals surface area contributed by atoms with E-state index in [-0.39, 0.29) is 10.5 Å². The third kappa shape index (κ3) is 3.37. The van der Waals surface area contributed by atoms with E-state index in [0.717, 1.165) is 6.07 Å². The Morgan fingerprint density at radius 1 is 1.14 bits per heavy atom. The number of aromatic carboxylic acids is 1. The smallest absolute Gasteiger partial charge is 0.261 e. The molecule has 0 saturated heterocycles. The van der Waals surface area contributed by atoms with Crippen molar-refractivity contribution in [2.45, 2.75) is 11.8 Å². The van der Waals surface area contributed by atoms with Crippen LogP contribution in [0.4, 0.5) is 5.69 Å². The molecule has 2 aromatic rings. The maximum Gasteiger partial charge on any atom is 0.261 e. The van der Waals surface area contributed by atoms with E-state index in [1.54, 1.807) is 31.2 Å². The van der Waals surface area contributed by atoms with E-state index in [0.29, 0.717) is 17.0 Å². The summed E-state index contributed by atoms with van der Waals surface area (Å²) in [5.74, 6) is -0.823. The van der Waals surface area contributed by atoms with Gasteiger partial charge in [-0.1, -0.05) is 6.07 Å². The lowest BCUT2D eigenvalue weighted by atomic mass is 10.1. The van der Waals surface area contributed by atoms with Crippen molar-refractivity contribution in [1.29, 1.82) is 0 Å². The summed E-state index contributed by atoms with van der Waals surface area (Å²) < 4.78 is 31.9. The fourth-order valence-electron chi connectivity index (χ4n) is 1.86. The largest absolute Gasteiger partial charge is 0.545 e. The van der Waals surface area contributed by atoms with Crippen LogP contribution >= 0.6 is 0 Å². The Balaban J connectivity index is 2.33. The Morgan fingerprint density at radius 3 is 2.32 bits per heavy atom. The quantitative estimate of drug-likeness (QED) is 0.892. The first-order chi connectivity index (χ1) is 10.3. The van der Waals surface area contributed by atoms with Crippen molar-refractivity contribution >= 4 is 21.7 Å². The number of sulfonamides is 1. The molecule has 0 aromatic heterocycles. The molecule has 0 bridgehead atoms. The van der Waals surface area contributed by atoms with Crippen molar-refractivity contribution in [3.63, 3.8) is 0 Å². The molecule has 6 nitrogen and oxygen atoms in total. The molecule has 116 valence electrons. The number of ether oxygens (including phenoxy) is 1. The average Bonchev–Trinajstić information content (AvgIpc) is 2.47. The fourth-order valence-corrected chi connectivity index (χ4v) is 2.95. The van der Waals surface area contributed by atoms with Gasteiger partial charge in [0.25, 0.3) is 10.0 Å². The van der Waals surface area contributed by atoms with Gasteiger partial charge in [0.05, 0.1) is 18.0 Å². The number of rotatable bonds is 5. The lowest BCUT2D eigenvalue weighted by molar-refractivity contribution is -0.255. The first kappa shape index (κ1) is 15.8. The standard InChI is InChI=1S/C15H15NO5S/c1-10-3-8-13(9-14(10)15(17)18)22(19,20)16-11-4-6-12(21-2)7-5-11/h3-9,16H,1-2H3,(H,17,18)/p-1. The normalized spacial score (nSPS) is 11.0. The highest BCUT2D eigenvalue weighted by Gasteiger charge is 2.16. The molecular weight excluding hydrogens is 306 g/mol. The molecule has 0 atom stereocenters. The van der Waals surface area contributed by atoms with Gasteiger partial charge in [-0.3, -0.25) is 4.72 Å². The van der Waals surface area contributed by atoms with Crippen LogP contribution in [-0.4, -0.2) is 21.5 Å².